The van der Waals surface area contributed by atoms with Crippen molar-refractivity contribution in [1.29, 1.82) is 0 Å². The number of hydrazine groups is 1. The van der Waals surface area contributed by atoms with Crippen LogP contribution < -0.4 is 10.9 Å². The Bertz CT molecular complexity index is 665. The van der Waals surface area contributed by atoms with Crippen molar-refractivity contribution < 1.29 is 14.7 Å². The molecule has 0 fully saturated rings. The molecule has 0 aliphatic rings. The van der Waals surface area contributed by atoms with Gasteiger partial charge < -0.3 is 5.11 Å². The smallest absolute Gasteiger partial charge is 0.273 e. The van der Waals surface area contributed by atoms with Crippen molar-refractivity contribution in [2.75, 3.05) is 0 Å². The first-order chi connectivity index (χ1) is 9.50. The molecule has 2 aromatic rings. The summed E-state index contributed by atoms with van der Waals surface area (Å²) in [4.78, 5) is 23.3. The molecule has 2 aromatic carbocycles. The third kappa shape index (κ3) is 2.71. The number of phenols is 1. The lowest BCUT2D eigenvalue weighted by molar-refractivity contribution is -0.124. The van der Waals surface area contributed by atoms with Gasteiger partial charge in [0.25, 0.3) is 5.91 Å². The summed E-state index contributed by atoms with van der Waals surface area (Å²) in [7, 11) is 0. The van der Waals surface area contributed by atoms with Crippen LogP contribution in [0.3, 0.4) is 0 Å². The van der Waals surface area contributed by atoms with E-state index >= 15 is 0 Å². The maximum atomic E-state index is 12.0. The van der Waals surface area contributed by atoms with Gasteiger partial charge in [-0.2, -0.15) is 0 Å². The second-order valence-corrected chi connectivity index (χ2v) is 4.78. The minimum Gasteiger partial charge on any atom is -0.506 e. The summed E-state index contributed by atoms with van der Waals surface area (Å²) in [6.07, 6.45) is 0. The quantitative estimate of drug-likeness (QED) is 0.731. The van der Waals surface area contributed by atoms with E-state index in [0.29, 0.717) is 5.39 Å². The maximum Gasteiger partial charge on any atom is 0.273 e. The first kappa shape index (κ1) is 13.9. The normalized spacial score (nSPS) is 10.6. The number of hydrogen-bond acceptors (Lipinski definition) is 3. The first-order valence-electron chi connectivity index (χ1n) is 6.31. The largest absolute Gasteiger partial charge is 0.506 e. The van der Waals surface area contributed by atoms with Gasteiger partial charge in [-0.1, -0.05) is 44.2 Å². The van der Waals surface area contributed by atoms with Crippen LogP contribution in [0.5, 0.6) is 5.75 Å². The molecule has 2 amide bonds. The Balaban J connectivity index is 2.22. The SMILES string of the molecule is CC(C)C(=O)NNC(=O)c1ccc2ccccc2c1O. The van der Waals surface area contributed by atoms with Crippen LogP contribution in [0, 0.1) is 5.92 Å². The molecule has 0 aliphatic carbocycles. The molecule has 0 saturated heterocycles. The van der Waals surface area contributed by atoms with Gasteiger partial charge in [-0.15, -0.1) is 0 Å². The van der Waals surface area contributed by atoms with E-state index in [-0.39, 0.29) is 23.1 Å². The third-order valence-electron chi connectivity index (χ3n) is 2.97. The second kappa shape index (κ2) is 5.61. The Morgan fingerprint density at radius 2 is 1.75 bits per heavy atom. The Morgan fingerprint density at radius 1 is 1.05 bits per heavy atom. The zero-order valence-corrected chi connectivity index (χ0v) is 11.3. The molecule has 0 bridgehead atoms. The molecule has 2 rings (SSSR count). The number of fused-ring (bicyclic) bond motifs is 1. The average Bonchev–Trinajstić information content (AvgIpc) is 2.45. The fourth-order valence-electron chi connectivity index (χ4n) is 1.77. The lowest BCUT2D eigenvalue weighted by Gasteiger charge is -2.11. The van der Waals surface area contributed by atoms with E-state index in [1.54, 1.807) is 32.0 Å². The number of nitrogens with one attached hydrogen (secondary N) is 2. The highest BCUT2D eigenvalue weighted by Gasteiger charge is 2.15. The van der Waals surface area contributed by atoms with E-state index in [9.17, 15) is 14.7 Å². The summed E-state index contributed by atoms with van der Waals surface area (Å²) in [5.41, 5.74) is 4.71. The van der Waals surface area contributed by atoms with E-state index < -0.39 is 5.91 Å². The highest BCUT2D eigenvalue weighted by molar-refractivity contribution is 6.04. The van der Waals surface area contributed by atoms with E-state index in [0.717, 1.165) is 5.39 Å². The lowest BCUT2D eigenvalue weighted by atomic mass is 10.1. The molecule has 5 heteroatoms. The van der Waals surface area contributed by atoms with Gasteiger partial charge in [0.05, 0.1) is 5.56 Å². The number of aromatic hydroxyl groups is 1. The van der Waals surface area contributed by atoms with Crippen LogP contribution >= 0.6 is 0 Å². The van der Waals surface area contributed by atoms with Crippen LogP contribution in [-0.2, 0) is 4.79 Å². The van der Waals surface area contributed by atoms with E-state index in [1.807, 2.05) is 12.1 Å². The second-order valence-electron chi connectivity index (χ2n) is 4.78. The molecule has 0 saturated carbocycles. The number of benzene rings is 2. The molecule has 5 nitrogen and oxygen atoms in total. The fourth-order valence-corrected chi connectivity index (χ4v) is 1.77. The van der Waals surface area contributed by atoms with Gasteiger partial charge in [-0.25, -0.2) is 0 Å². The highest BCUT2D eigenvalue weighted by atomic mass is 16.3. The Morgan fingerprint density at radius 3 is 2.45 bits per heavy atom. The minimum atomic E-state index is -0.553. The maximum absolute atomic E-state index is 12.0. The van der Waals surface area contributed by atoms with Crippen molar-refractivity contribution in [3.05, 3.63) is 42.0 Å². The lowest BCUT2D eigenvalue weighted by Crippen LogP contribution is -2.43. The summed E-state index contributed by atoms with van der Waals surface area (Å²) in [6.45, 7) is 3.43. The fraction of sp³-hybridized carbons (Fsp3) is 0.200. The van der Waals surface area contributed by atoms with Gasteiger partial charge in [-0.05, 0) is 11.5 Å². The summed E-state index contributed by atoms with van der Waals surface area (Å²) in [6, 6.07) is 10.5. The van der Waals surface area contributed by atoms with E-state index in [4.69, 9.17) is 0 Å². The van der Waals surface area contributed by atoms with Crippen LogP contribution in [0.1, 0.15) is 24.2 Å². The van der Waals surface area contributed by atoms with Crippen molar-refractivity contribution in [3.63, 3.8) is 0 Å². The number of phenolic OH excluding ortho intramolecular Hbond substituents is 1. The van der Waals surface area contributed by atoms with Gasteiger partial charge in [0.1, 0.15) is 5.75 Å². The summed E-state index contributed by atoms with van der Waals surface area (Å²) in [5.74, 6) is -1.18. The monoisotopic (exact) mass is 272 g/mol. The molecule has 0 spiro atoms. The van der Waals surface area contributed by atoms with Crippen molar-refractivity contribution in [1.82, 2.24) is 10.9 Å². The number of carbonyl (C=O) groups is 2. The molecule has 0 unspecified atom stereocenters. The number of rotatable bonds is 2. The molecule has 104 valence electrons. The molecular formula is C15H16N2O3. The molecule has 3 N–H and O–H groups in total. The molecule has 0 atom stereocenters. The van der Waals surface area contributed by atoms with Gasteiger partial charge in [0, 0.05) is 11.3 Å². The highest BCUT2D eigenvalue weighted by Crippen LogP contribution is 2.28. The number of carbonyl (C=O) groups excluding carboxylic acids is 2. The Hall–Kier alpha value is -2.56. The Labute approximate surface area is 116 Å². The first-order valence-corrected chi connectivity index (χ1v) is 6.31. The summed E-state index contributed by atoms with van der Waals surface area (Å²) < 4.78 is 0. The Kier molecular flexibility index (Phi) is 3.89. The zero-order valence-electron chi connectivity index (χ0n) is 11.3. The minimum absolute atomic E-state index is 0.0978. The van der Waals surface area contributed by atoms with Crippen LogP contribution in [0.25, 0.3) is 10.8 Å². The van der Waals surface area contributed by atoms with Gasteiger partial charge in [-0.3, -0.25) is 20.4 Å². The molecule has 0 heterocycles. The van der Waals surface area contributed by atoms with Crippen LogP contribution in [0.2, 0.25) is 0 Å². The topological polar surface area (TPSA) is 78.4 Å². The van der Waals surface area contributed by atoms with Crippen molar-refractivity contribution in [3.8, 4) is 5.75 Å². The van der Waals surface area contributed by atoms with Crippen LogP contribution in [0.4, 0.5) is 0 Å². The summed E-state index contributed by atoms with van der Waals surface area (Å²) >= 11 is 0. The molecule has 20 heavy (non-hydrogen) atoms. The van der Waals surface area contributed by atoms with Gasteiger partial charge in [0.2, 0.25) is 5.91 Å². The van der Waals surface area contributed by atoms with Crippen LogP contribution in [0.15, 0.2) is 36.4 Å². The molecular weight excluding hydrogens is 256 g/mol. The van der Waals surface area contributed by atoms with Crippen molar-refractivity contribution >= 4 is 22.6 Å². The predicted molar refractivity (Wildman–Crippen MR) is 76.1 cm³/mol. The predicted octanol–water partition coefficient (Wildman–Crippen LogP) is 1.96. The molecule has 0 aromatic heterocycles. The third-order valence-corrected chi connectivity index (χ3v) is 2.97. The standard InChI is InChI=1S/C15H16N2O3/c1-9(2)14(19)16-17-15(20)12-8-7-10-5-3-4-6-11(10)13(12)18/h3-9,18H,1-2H3,(H,16,19)(H,17,20). The number of hydrogen-bond donors (Lipinski definition) is 3. The molecule has 0 radical (unpaired) electrons. The molecule has 0 aliphatic heterocycles. The van der Waals surface area contributed by atoms with Crippen molar-refractivity contribution in [2.24, 2.45) is 5.92 Å². The van der Waals surface area contributed by atoms with E-state index in [1.165, 1.54) is 6.07 Å². The zero-order chi connectivity index (χ0) is 14.7. The van der Waals surface area contributed by atoms with Gasteiger partial charge in [0.15, 0.2) is 0 Å². The summed E-state index contributed by atoms with van der Waals surface area (Å²) in [5, 5.41) is 11.6. The average molecular weight is 272 g/mol. The van der Waals surface area contributed by atoms with Crippen molar-refractivity contribution in [2.45, 2.75) is 13.8 Å². The van der Waals surface area contributed by atoms with E-state index in [2.05, 4.69) is 10.9 Å². The van der Waals surface area contributed by atoms with Gasteiger partial charge >= 0.3 is 0 Å². The van der Waals surface area contributed by atoms with Crippen LogP contribution in [-0.4, -0.2) is 16.9 Å². The number of amides is 2.